The summed E-state index contributed by atoms with van der Waals surface area (Å²) in [6.07, 6.45) is 18.6. The van der Waals surface area contributed by atoms with Crippen LogP contribution in [0.5, 0.6) is 0 Å². The van der Waals surface area contributed by atoms with Crippen molar-refractivity contribution in [2.24, 2.45) is 0 Å². The van der Waals surface area contributed by atoms with E-state index in [4.69, 9.17) is 0 Å². The summed E-state index contributed by atoms with van der Waals surface area (Å²) in [4.78, 5) is 1.18. The molecule has 0 aliphatic rings. The Morgan fingerprint density at radius 1 is 0.682 bits per heavy atom. The number of alkyl halides is 2. The maximum Gasteiger partial charge on any atom is 0.0146 e. The van der Waals surface area contributed by atoms with Crippen molar-refractivity contribution < 1.29 is 0 Å². The molecule has 2 heteroatoms. The van der Waals surface area contributed by atoms with Crippen LogP contribution in [0.4, 0.5) is 0 Å². The minimum atomic E-state index is 0.442. The van der Waals surface area contributed by atoms with Crippen LogP contribution < -0.4 is 0 Å². The van der Waals surface area contributed by atoms with Crippen LogP contribution in [-0.4, -0.2) is 9.65 Å². The van der Waals surface area contributed by atoms with E-state index in [9.17, 15) is 0 Å². The topological polar surface area (TPSA) is 0 Å². The molecule has 0 aromatic heterocycles. The lowest BCUT2D eigenvalue weighted by atomic mass is 10.1. The molecular formula is C20H40Br2. The summed E-state index contributed by atoms with van der Waals surface area (Å²) in [5, 5.41) is 0. The lowest BCUT2D eigenvalue weighted by Gasteiger charge is -2.08. The van der Waals surface area contributed by atoms with Gasteiger partial charge in [0.05, 0.1) is 0 Å². The molecule has 0 saturated carbocycles. The van der Waals surface area contributed by atoms with E-state index in [2.05, 4.69) is 59.6 Å². The number of halogens is 2. The summed E-state index contributed by atoms with van der Waals surface area (Å²) >= 11 is 7.13. The van der Waals surface area contributed by atoms with E-state index in [1.54, 1.807) is 0 Å². The predicted octanol–water partition coefficient (Wildman–Crippen LogP) is 8.67. The van der Waals surface area contributed by atoms with Crippen LogP contribution in [0.3, 0.4) is 0 Å². The average molecular weight is 440 g/mol. The first-order valence-corrected chi connectivity index (χ1v) is 11.3. The van der Waals surface area contributed by atoms with Gasteiger partial charge in [0.2, 0.25) is 0 Å². The number of rotatable bonds is 14. The first kappa shape index (κ1) is 25.2. The Kier molecular flexibility index (Phi) is 25.2. The predicted molar refractivity (Wildman–Crippen MR) is 112 cm³/mol. The van der Waals surface area contributed by atoms with Crippen molar-refractivity contribution in [2.75, 3.05) is 0 Å². The van der Waals surface area contributed by atoms with Gasteiger partial charge in [0, 0.05) is 9.65 Å². The normalized spacial score (nSPS) is 13.4. The summed E-state index contributed by atoms with van der Waals surface area (Å²) in [6.45, 7) is 12.2. The SMILES string of the molecule is [CH2]C(Br)CCCCC(Br)CCC.[CH2]CCCCCCCCC. The van der Waals surface area contributed by atoms with Gasteiger partial charge in [-0.05, 0) is 26.2 Å². The van der Waals surface area contributed by atoms with Crippen LogP contribution in [0.15, 0.2) is 0 Å². The van der Waals surface area contributed by atoms with Gasteiger partial charge in [-0.3, -0.25) is 0 Å². The van der Waals surface area contributed by atoms with Crippen LogP contribution in [-0.2, 0) is 0 Å². The second-order valence-electron chi connectivity index (χ2n) is 6.24. The lowest BCUT2D eigenvalue weighted by Crippen LogP contribution is -1.97. The van der Waals surface area contributed by atoms with E-state index < -0.39 is 0 Å². The standard InChI is InChI=1S/C10H19Br2.C10H21/c1-3-6-10(12)8-5-4-7-9(2)11;1-3-5-7-9-10-8-6-4-2/h9-10H,2-8H2,1H3;1,3-10H2,2H3. The van der Waals surface area contributed by atoms with Gasteiger partial charge in [0.25, 0.3) is 0 Å². The Labute approximate surface area is 158 Å². The van der Waals surface area contributed by atoms with Crippen LogP contribution in [0.1, 0.15) is 104 Å². The fourth-order valence-corrected chi connectivity index (χ4v) is 3.43. The Balaban J connectivity index is 0. The number of unbranched alkanes of at least 4 members (excludes halogenated alkanes) is 8. The van der Waals surface area contributed by atoms with Gasteiger partial charge in [-0.1, -0.05) is 123 Å². The molecule has 22 heavy (non-hydrogen) atoms. The van der Waals surface area contributed by atoms with Crippen molar-refractivity contribution in [3.63, 3.8) is 0 Å². The zero-order valence-electron chi connectivity index (χ0n) is 15.2. The fraction of sp³-hybridized carbons (Fsp3) is 0.900. The van der Waals surface area contributed by atoms with Crippen molar-refractivity contribution >= 4 is 31.9 Å². The summed E-state index contributed by atoms with van der Waals surface area (Å²) in [6, 6.07) is 0. The van der Waals surface area contributed by atoms with E-state index in [1.165, 1.54) is 83.5 Å². The summed E-state index contributed by atoms with van der Waals surface area (Å²) in [5.41, 5.74) is 0. The summed E-state index contributed by atoms with van der Waals surface area (Å²) < 4.78 is 0. The molecule has 2 radical (unpaired) electrons. The fourth-order valence-electron chi connectivity index (χ4n) is 2.32. The van der Waals surface area contributed by atoms with Gasteiger partial charge >= 0.3 is 0 Å². The minimum absolute atomic E-state index is 0.442. The molecule has 0 aromatic carbocycles. The smallest absolute Gasteiger partial charge is 0.0146 e. The second-order valence-corrected chi connectivity index (χ2v) is 8.83. The quantitative estimate of drug-likeness (QED) is 0.187. The van der Waals surface area contributed by atoms with Crippen LogP contribution in [0.25, 0.3) is 0 Å². The molecule has 0 fully saturated rings. The lowest BCUT2D eigenvalue weighted by molar-refractivity contribution is 0.592. The van der Waals surface area contributed by atoms with Gasteiger partial charge < -0.3 is 0 Å². The van der Waals surface area contributed by atoms with E-state index in [-0.39, 0.29) is 0 Å². The Morgan fingerprint density at radius 3 is 1.73 bits per heavy atom. The van der Waals surface area contributed by atoms with Crippen molar-refractivity contribution in [1.29, 1.82) is 0 Å². The number of hydrogen-bond acceptors (Lipinski definition) is 0. The maximum absolute atomic E-state index is 3.90. The first-order chi connectivity index (χ1) is 10.6. The van der Waals surface area contributed by atoms with Crippen LogP contribution in [0.2, 0.25) is 0 Å². The molecule has 134 valence electrons. The van der Waals surface area contributed by atoms with Crippen molar-refractivity contribution in [3.8, 4) is 0 Å². The zero-order chi connectivity index (χ0) is 17.1. The van der Waals surface area contributed by atoms with Crippen molar-refractivity contribution in [3.05, 3.63) is 13.8 Å². The summed E-state index contributed by atoms with van der Waals surface area (Å²) in [5.74, 6) is 0. The Morgan fingerprint density at radius 2 is 1.23 bits per heavy atom. The average Bonchev–Trinajstić information content (AvgIpc) is 2.48. The van der Waals surface area contributed by atoms with Gasteiger partial charge in [-0.25, -0.2) is 0 Å². The van der Waals surface area contributed by atoms with E-state index in [1.807, 2.05) is 0 Å². The van der Waals surface area contributed by atoms with Crippen LogP contribution >= 0.6 is 31.9 Å². The van der Waals surface area contributed by atoms with Crippen molar-refractivity contribution in [1.82, 2.24) is 0 Å². The Bertz CT molecular complexity index is 173. The highest BCUT2D eigenvalue weighted by Crippen LogP contribution is 2.17. The monoisotopic (exact) mass is 438 g/mol. The zero-order valence-corrected chi connectivity index (χ0v) is 18.4. The van der Waals surface area contributed by atoms with Gasteiger partial charge in [-0.2, -0.15) is 0 Å². The molecule has 0 rings (SSSR count). The molecule has 0 nitrogen and oxygen atoms in total. The third-order valence-corrected chi connectivity index (χ3v) is 5.11. The van der Waals surface area contributed by atoms with Gasteiger partial charge in [0.1, 0.15) is 0 Å². The van der Waals surface area contributed by atoms with Crippen molar-refractivity contribution in [2.45, 2.75) is 113 Å². The van der Waals surface area contributed by atoms with E-state index in [0.717, 1.165) is 11.2 Å². The highest BCUT2D eigenvalue weighted by atomic mass is 79.9. The molecule has 0 aliphatic carbocycles. The molecule has 0 spiro atoms. The maximum atomic E-state index is 3.90. The van der Waals surface area contributed by atoms with E-state index >= 15 is 0 Å². The largest absolute Gasteiger partial charge is 0.0891 e. The molecule has 0 amide bonds. The molecular weight excluding hydrogens is 400 g/mol. The molecule has 0 aromatic rings. The second kappa shape index (κ2) is 22.0. The third-order valence-electron chi connectivity index (χ3n) is 3.74. The summed E-state index contributed by atoms with van der Waals surface area (Å²) in [7, 11) is 0. The molecule has 0 aliphatic heterocycles. The molecule has 0 N–H and O–H groups in total. The molecule has 0 heterocycles. The highest BCUT2D eigenvalue weighted by Gasteiger charge is 2.02. The third kappa shape index (κ3) is 25.9. The van der Waals surface area contributed by atoms with Gasteiger partial charge in [-0.15, -0.1) is 0 Å². The van der Waals surface area contributed by atoms with Gasteiger partial charge in [0.15, 0.2) is 0 Å². The first-order valence-electron chi connectivity index (χ1n) is 9.48. The highest BCUT2D eigenvalue weighted by molar-refractivity contribution is 9.09. The molecule has 2 unspecified atom stereocenters. The molecule has 2 atom stereocenters. The molecule has 0 bridgehead atoms. The molecule has 0 saturated heterocycles. The minimum Gasteiger partial charge on any atom is -0.0891 e. The van der Waals surface area contributed by atoms with Crippen LogP contribution in [0, 0.1) is 13.8 Å². The number of hydrogen-bond donors (Lipinski definition) is 0. The Hall–Kier alpha value is 0.960. The van der Waals surface area contributed by atoms with E-state index in [0.29, 0.717) is 4.83 Å².